The Morgan fingerprint density at radius 1 is 1.34 bits per heavy atom. The molecule has 1 aromatic carbocycles. The second-order valence-corrected chi connectivity index (χ2v) is 8.11. The van der Waals surface area contributed by atoms with E-state index in [1.807, 2.05) is 0 Å². The van der Waals surface area contributed by atoms with Crippen LogP contribution in [-0.2, 0) is 18.3 Å². The number of carbonyl (C=O) groups excluding carboxylic acids is 2. The van der Waals surface area contributed by atoms with Gasteiger partial charge in [0.2, 0.25) is 11.8 Å². The molecular weight excluding hydrogens is 417 g/mol. The highest BCUT2D eigenvalue weighted by Crippen LogP contribution is 2.27. The zero-order valence-electron chi connectivity index (χ0n) is 17.4. The molecule has 0 aliphatic carbocycles. The molecule has 3 atom stereocenters. The minimum atomic E-state index is -0.431. The average molecular weight is 439 g/mol. The van der Waals surface area contributed by atoms with Gasteiger partial charge in [0.05, 0.1) is 23.4 Å². The number of halogens is 1. The fourth-order valence-electron chi connectivity index (χ4n) is 4.36. The lowest BCUT2D eigenvalue weighted by atomic mass is 10.1. The van der Waals surface area contributed by atoms with Crippen LogP contribution in [0.1, 0.15) is 22.7 Å². The molecule has 10 nitrogen and oxygen atoms in total. The van der Waals surface area contributed by atoms with Crippen LogP contribution >= 0.6 is 0 Å². The van der Waals surface area contributed by atoms with E-state index in [0.717, 1.165) is 0 Å². The number of rotatable bonds is 5. The maximum atomic E-state index is 14.0. The van der Waals surface area contributed by atoms with E-state index in [1.54, 1.807) is 36.1 Å². The number of nitrogens with one attached hydrogen (secondary N) is 2. The van der Waals surface area contributed by atoms with Crippen molar-refractivity contribution >= 4 is 11.8 Å². The monoisotopic (exact) mass is 439 g/mol. The van der Waals surface area contributed by atoms with E-state index in [9.17, 15) is 14.0 Å². The van der Waals surface area contributed by atoms with Gasteiger partial charge in [0.1, 0.15) is 5.82 Å². The van der Waals surface area contributed by atoms with E-state index >= 15 is 0 Å². The molecule has 2 aliphatic heterocycles. The number of nitrogens with zero attached hydrogens (tertiary/aromatic N) is 5. The summed E-state index contributed by atoms with van der Waals surface area (Å²) in [5.41, 5.74) is 0.727. The zero-order chi connectivity index (χ0) is 22.2. The van der Waals surface area contributed by atoms with E-state index in [4.69, 9.17) is 4.42 Å². The number of carbonyl (C=O) groups is 2. The molecule has 0 bridgehead atoms. The van der Waals surface area contributed by atoms with E-state index in [-0.39, 0.29) is 41.4 Å². The van der Waals surface area contributed by atoms with Gasteiger partial charge in [-0.15, -0.1) is 10.2 Å². The van der Waals surface area contributed by atoms with Crippen molar-refractivity contribution in [2.75, 3.05) is 13.1 Å². The standard InChI is InChI=1S/C21H22FN7O3/c1-28-10-12(8-24-28)19(30)25-13-6-17-20(31)23-9-14(29(17)11-13)7-18-26-27-21(32-18)15-4-2-3-5-16(15)22/h2-5,8,10,13-14,17H,6-7,9,11H2,1H3,(H,23,31)(H,25,30)/t13-,14+,17-/m0/s1. The summed E-state index contributed by atoms with van der Waals surface area (Å²) in [5, 5.41) is 18.0. The smallest absolute Gasteiger partial charge is 0.254 e. The Kier molecular flexibility index (Phi) is 5.17. The lowest BCUT2D eigenvalue weighted by molar-refractivity contribution is -0.129. The average Bonchev–Trinajstić information content (AvgIpc) is 3.51. The summed E-state index contributed by atoms with van der Waals surface area (Å²) in [6.45, 7) is 0.957. The van der Waals surface area contributed by atoms with Gasteiger partial charge in [-0.05, 0) is 18.6 Å². The summed E-state index contributed by atoms with van der Waals surface area (Å²) in [6, 6.07) is 5.62. The Morgan fingerprint density at radius 2 is 2.19 bits per heavy atom. The zero-order valence-corrected chi connectivity index (χ0v) is 17.4. The van der Waals surface area contributed by atoms with Crippen LogP contribution in [0.5, 0.6) is 0 Å². The second-order valence-electron chi connectivity index (χ2n) is 8.11. The SMILES string of the molecule is Cn1cc(C(=O)N[C@H]2C[C@H]3C(=O)NC[C@@H](Cc4nnc(-c5ccccc5F)o4)N3C2)cn1. The molecule has 2 aliphatic rings. The molecule has 4 heterocycles. The molecule has 2 fully saturated rings. The molecule has 5 rings (SSSR count). The quantitative estimate of drug-likeness (QED) is 0.595. The molecule has 3 aromatic rings. The van der Waals surface area contributed by atoms with Gasteiger partial charge >= 0.3 is 0 Å². The fraction of sp³-hybridized carbons (Fsp3) is 0.381. The second kappa shape index (κ2) is 8.15. The molecule has 2 N–H and O–H groups in total. The Hall–Kier alpha value is -3.60. The van der Waals surface area contributed by atoms with Gasteiger partial charge in [-0.3, -0.25) is 19.2 Å². The lowest BCUT2D eigenvalue weighted by Crippen LogP contribution is -2.58. The summed E-state index contributed by atoms with van der Waals surface area (Å²) in [4.78, 5) is 27.0. The minimum absolute atomic E-state index is 0.0584. The first-order valence-corrected chi connectivity index (χ1v) is 10.4. The molecule has 2 amide bonds. The molecule has 0 spiro atoms. The highest BCUT2D eigenvalue weighted by Gasteiger charge is 2.44. The predicted octanol–water partition coefficient (Wildman–Crippen LogP) is 0.523. The third-order valence-corrected chi connectivity index (χ3v) is 5.91. The van der Waals surface area contributed by atoms with Gasteiger partial charge < -0.3 is 15.1 Å². The molecule has 2 aromatic heterocycles. The summed E-state index contributed by atoms with van der Waals surface area (Å²) in [7, 11) is 1.75. The van der Waals surface area contributed by atoms with Gasteiger partial charge in [0.15, 0.2) is 0 Å². The van der Waals surface area contributed by atoms with Gasteiger partial charge in [0, 0.05) is 44.8 Å². The highest BCUT2D eigenvalue weighted by molar-refractivity contribution is 5.94. The van der Waals surface area contributed by atoms with Crippen LogP contribution in [0, 0.1) is 5.82 Å². The van der Waals surface area contributed by atoms with Crippen LogP contribution in [0.4, 0.5) is 4.39 Å². The maximum absolute atomic E-state index is 14.0. The minimum Gasteiger partial charge on any atom is -0.421 e. The van der Waals surface area contributed by atoms with Crippen LogP contribution in [0.25, 0.3) is 11.5 Å². The van der Waals surface area contributed by atoms with Crippen molar-refractivity contribution in [3.63, 3.8) is 0 Å². The molecular formula is C21H22FN7O3. The van der Waals surface area contributed by atoms with Gasteiger partial charge in [-0.25, -0.2) is 4.39 Å². The molecule has 32 heavy (non-hydrogen) atoms. The number of amides is 2. The van der Waals surface area contributed by atoms with Crippen molar-refractivity contribution in [3.05, 3.63) is 53.9 Å². The summed E-state index contributed by atoms with van der Waals surface area (Å²) in [5.74, 6) is -0.216. The predicted molar refractivity (Wildman–Crippen MR) is 110 cm³/mol. The number of fused-ring (bicyclic) bond motifs is 1. The van der Waals surface area contributed by atoms with E-state index < -0.39 is 5.82 Å². The highest BCUT2D eigenvalue weighted by atomic mass is 19.1. The Labute approximate surface area is 182 Å². The van der Waals surface area contributed by atoms with E-state index in [0.29, 0.717) is 37.4 Å². The van der Waals surface area contributed by atoms with Crippen molar-refractivity contribution in [3.8, 4) is 11.5 Å². The normalized spacial score (nSPS) is 23.1. The summed E-state index contributed by atoms with van der Waals surface area (Å²) < 4.78 is 21.3. The van der Waals surface area contributed by atoms with Crippen LogP contribution in [0.2, 0.25) is 0 Å². The number of piperazine rings is 1. The van der Waals surface area contributed by atoms with Crippen molar-refractivity contribution < 1.29 is 18.4 Å². The largest absolute Gasteiger partial charge is 0.421 e. The number of aryl methyl sites for hydroxylation is 1. The molecule has 0 unspecified atom stereocenters. The maximum Gasteiger partial charge on any atom is 0.254 e. The van der Waals surface area contributed by atoms with Crippen molar-refractivity contribution in [1.82, 2.24) is 35.5 Å². The van der Waals surface area contributed by atoms with Crippen molar-refractivity contribution in [2.45, 2.75) is 31.0 Å². The van der Waals surface area contributed by atoms with Crippen LogP contribution in [0.15, 0.2) is 41.1 Å². The first-order valence-electron chi connectivity index (χ1n) is 10.4. The molecule has 0 saturated carbocycles. The molecule has 0 radical (unpaired) electrons. The molecule has 11 heteroatoms. The molecule has 166 valence electrons. The Bertz CT molecular complexity index is 1160. The molecule has 2 saturated heterocycles. The van der Waals surface area contributed by atoms with Gasteiger partial charge in [-0.1, -0.05) is 12.1 Å². The van der Waals surface area contributed by atoms with Gasteiger partial charge in [-0.2, -0.15) is 5.10 Å². The number of aromatic nitrogens is 4. The third kappa shape index (κ3) is 3.86. The van der Waals surface area contributed by atoms with E-state index in [1.165, 1.54) is 12.3 Å². The summed E-state index contributed by atoms with van der Waals surface area (Å²) in [6.07, 6.45) is 4.08. The van der Waals surface area contributed by atoms with Crippen LogP contribution < -0.4 is 10.6 Å². The number of benzene rings is 1. The Balaban J connectivity index is 1.27. The Morgan fingerprint density at radius 3 is 2.97 bits per heavy atom. The fourth-order valence-corrected chi connectivity index (χ4v) is 4.36. The van der Waals surface area contributed by atoms with Crippen molar-refractivity contribution in [1.29, 1.82) is 0 Å². The van der Waals surface area contributed by atoms with Crippen LogP contribution in [-0.4, -0.2) is 67.9 Å². The third-order valence-electron chi connectivity index (χ3n) is 5.91. The van der Waals surface area contributed by atoms with E-state index in [2.05, 4.69) is 30.8 Å². The summed E-state index contributed by atoms with van der Waals surface area (Å²) >= 11 is 0. The number of hydrogen-bond donors (Lipinski definition) is 2. The first-order chi connectivity index (χ1) is 15.5. The van der Waals surface area contributed by atoms with Crippen molar-refractivity contribution in [2.24, 2.45) is 7.05 Å². The lowest BCUT2D eigenvalue weighted by Gasteiger charge is -2.36. The first kappa shape index (κ1) is 20.3. The number of hydrogen-bond acceptors (Lipinski definition) is 7. The topological polar surface area (TPSA) is 118 Å². The van der Waals surface area contributed by atoms with Gasteiger partial charge in [0.25, 0.3) is 11.8 Å². The van der Waals surface area contributed by atoms with Crippen LogP contribution in [0.3, 0.4) is 0 Å².